The van der Waals surface area contributed by atoms with Gasteiger partial charge in [0.05, 0.1) is 6.20 Å². The van der Waals surface area contributed by atoms with Crippen molar-refractivity contribution in [2.45, 2.75) is 60.0 Å². The van der Waals surface area contributed by atoms with Crippen LogP contribution in [-0.2, 0) is 6.54 Å². The zero-order valence-corrected chi connectivity index (χ0v) is 12.0. The van der Waals surface area contributed by atoms with Gasteiger partial charge in [-0.25, -0.2) is 0 Å². The quantitative estimate of drug-likeness (QED) is 0.822. The molecule has 0 aliphatic heterocycles. The number of rotatable bonds is 6. The van der Waals surface area contributed by atoms with Crippen LogP contribution in [-0.4, -0.2) is 16.3 Å². The Labute approximate surface area is 106 Å². The number of aryl methyl sites for hydroxylation is 1. The van der Waals surface area contributed by atoms with Crippen molar-refractivity contribution in [1.82, 2.24) is 15.1 Å². The Hall–Kier alpha value is -0.830. The third-order valence-corrected chi connectivity index (χ3v) is 2.90. The largest absolute Gasteiger partial charge is 0.309 e. The summed E-state index contributed by atoms with van der Waals surface area (Å²) in [6, 6.07) is 0.382. The van der Waals surface area contributed by atoms with Gasteiger partial charge in [-0.1, -0.05) is 34.6 Å². The van der Waals surface area contributed by atoms with E-state index in [1.54, 1.807) is 0 Å². The highest BCUT2D eigenvalue weighted by molar-refractivity contribution is 5.13. The summed E-state index contributed by atoms with van der Waals surface area (Å²) in [6.45, 7) is 13.3. The van der Waals surface area contributed by atoms with Crippen molar-refractivity contribution in [3.63, 3.8) is 0 Å². The minimum absolute atomic E-state index is 0.218. The molecule has 3 heteroatoms. The molecule has 0 aliphatic carbocycles. The van der Waals surface area contributed by atoms with E-state index in [1.165, 1.54) is 5.56 Å². The van der Waals surface area contributed by atoms with Crippen LogP contribution in [0.4, 0.5) is 0 Å². The highest BCUT2D eigenvalue weighted by Crippen LogP contribution is 2.32. The smallest absolute Gasteiger partial charge is 0.0537 e. The van der Waals surface area contributed by atoms with Gasteiger partial charge in [-0.05, 0) is 24.8 Å². The second-order valence-electron chi connectivity index (χ2n) is 5.79. The molecular formula is C14H27N3. The maximum Gasteiger partial charge on any atom is 0.0537 e. The standard InChI is InChI=1S/C14H27N3/c1-6-8-15-13(14(3,4)5)12-10-16-17(11-12)9-7-2/h10-11,13,15H,6-9H2,1-5H3. The van der Waals surface area contributed by atoms with Crippen molar-refractivity contribution in [3.8, 4) is 0 Å². The molecule has 1 N–H and O–H groups in total. The Bertz CT molecular complexity index is 322. The van der Waals surface area contributed by atoms with Crippen LogP contribution in [0, 0.1) is 5.41 Å². The highest BCUT2D eigenvalue weighted by atomic mass is 15.3. The highest BCUT2D eigenvalue weighted by Gasteiger charge is 2.26. The van der Waals surface area contributed by atoms with E-state index in [-0.39, 0.29) is 5.41 Å². The lowest BCUT2D eigenvalue weighted by atomic mass is 9.83. The molecule has 1 rings (SSSR count). The van der Waals surface area contributed by atoms with Gasteiger partial charge >= 0.3 is 0 Å². The Kier molecular flexibility index (Phi) is 5.19. The molecule has 0 aromatic carbocycles. The SMILES string of the molecule is CCCNC(c1cnn(CCC)c1)C(C)(C)C. The molecule has 3 nitrogen and oxygen atoms in total. The molecule has 1 atom stereocenters. The van der Waals surface area contributed by atoms with Gasteiger partial charge in [0.1, 0.15) is 0 Å². The third kappa shape index (κ3) is 4.15. The van der Waals surface area contributed by atoms with E-state index in [9.17, 15) is 0 Å². The number of nitrogens with zero attached hydrogens (tertiary/aromatic N) is 2. The molecule has 0 bridgehead atoms. The fourth-order valence-electron chi connectivity index (χ4n) is 2.09. The van der Waals surface area contributed by atoms with Crippen molar-refractivity contribution in [1.29, 1.82) is 0 Å². The van der Waals surface area contributed by atoms with Crippen LogP contribution in [0.5, 0.6) is 0 Å². The normalized spacial score (nSPS) is 13.9. The van der Waals surface area contributed by atoms with Crippen LogP contribution >= 0.6 is 0 Å². The molecule has 1 heterocycles. The number of aromatic nitrogens is 2. The maximum atomic E-state index is 4.43. The van der Waals surface area contributed by atoms with Crippen molar-refractivity contribution in [3.05, 3.63) is 18.0 Å². The van der Waals surface area contributed by atoms with E-state index < -0.39 is 0 Å². The summed E-state index contributed by atoms with van der Waals surface area (Å²) in [6.07, 6.45) is 6.48. The lowest BCUT2D eigenvalue weighted by molar-refractivity contribution is 0.273. The fourth-order valence-corrected chi connectivity index (χ4v) is 2.09. The van der Waals surface area contributed by atoms with E-state index in [1.807, 2.05) is 10.9 Å². The zero-order valence-electron chi connectivity index (χ0n) is 12.0. The summed E-state index contributed by atoms with van der Waals surface area (Å²) < 4.78 is 2.04. The Morgan fingerprint density at radius 2 is 2.00 bits per heavy atom. The summed E-state index contributed by atoms with van der Waals surface area (Å²) in [5.74, 6) is 0. The van der Waals surface area contributed by atoms with E-state index in [4.69, 9.17) is 0 Å². The van der Waals surface area contributed by atoms with Gasteiger partial charge < -0.3 is 5.32 Å². The van der Waals surface area contributed by atoms with Gasteiger partial charge in [0.15, 0.2) is 0 Å². The van der Waals surface area contributed by atoms with Gasteiger partial charge in [0, 0.05) is 24.3 Å². The van der Waals surface area contributed by atoms with Crippen molar-refractivity contribution >= 4 is 0 Å². The van der Waals surface area contributed by atoms with Gasteiger partial charge in [-0.2, -0.15) is 5.10 Å². The third-order valence-electron chi connectivity index (χ3n) is 2.90. The molecule has 0 spiro atoms. The molecule has 98 valence electrons. The predicted octanol–water partition coefficient (Wildman–Crippen LogP) is 3.38. The summed E-state index contributed by atoms with van der Waals surface area (Å²) in [5, 5.41) is 8.05. The summed E-state index contributed by atoms with van der Waals surface area (Å²) >= 11 is 0. The van der Waals surface area contributed by atoms with E-state index in [0.29, 0.717) is 6.04 Å². The molecule has 0 amide bonds. The molecule has 1 unspecified atom stereocenters. The monoisotopic (exact) mass is 237 g/mol. The average Bonchev–Trinajstić information content (AvgIpc) is 2.65. The minimum atomic E-state index is 0.218. The molecule has 0 saturated heterocycles. The first kappa shape index (κ1) is 14.2. The van der Waals surface area contributed by atoms with Crippen molar-refractivity contribution in [2.24, 2.45) is 5.41 Å². The van der Waals surface area contributed by atoms with Crippen LogP contribution < -0.4 is 5.32 Å². The summed E-state index contributed by atoms with van der Waals surface area (Å²) in [7, 11) is 0. The van der Waals surface area contributed by atoms with E-state index in [0.717, 1.165) is 25.9 Å². The topological polar surface area (TPSA) is 29.9 Å². The Morgan fingerprint density at radius 3 is 2.53 bits per heavy atom. The second-order valence-corrected chi connectivity index (χ2v) is 5.79. The van der Waals surface area contributed by atoms with Crippen molar-refractivity contribution < 1.29 is 0 Å². The number of hydrogen-bond donors (Lipinski definition) is 1. The van der Waals surface area contributed by atoms with E-state index in [2.05, 4.69) is 51.2 Å². The van der Waals surface area contributed by atoms with Crippen LogP contribution in [0.25, 0.3) is 0 Å². The number of nitrogens with one attached hydrogen (secondary N) is 1. The molecule has 0 radical (unpaired) electrons. The fraction of sp³-hybridized carbons (Fsp3) is 0.786. The van der Waals surface area contributed by atoms with Crippen LogP contribution in [0.15, 0.2) is 12.4 Å². The summed E-state index contributed by atoms with van der Waals surface area (Å²) in [4.78, 5) is 0. The second kappa shape index (κ2) is 6.20. The van der Waals surface area contributed by atoms with Crippen LogP contribution in [0.2, 0.25) is 0 Å². The molecule has 0 fully saturated rings. The van der Waals surface area contributed by atoms with Gasteiger partial charge in [-0.15, -0.1) is 0 Å². The van der Waals surface area contributed by atoms with Gasteiger partial charge in [0.25, 0.3) is 0 Å². The number of hydrogen-bond acceptors (Lipinski definition) is 2. The average molecular weight is 237 g/mol. The molecule has 0 aliphatic rings. The minimum Gasteiger partial charge on any atom is -0.309 e. The van der Waals surface area contributed by atoms with Gasteiger partial charge in [-0.3, -0.25) is 4.68 Å². The summed E-state index contributed by atoms with van der Waals surface area (Å²) in [5.41, 5.74) is 1.52. The maximum absolute atomic E-state index is 4.43. The van der Waals surface area contributed by atoms with Gasteiger partial charge in [0.2, 0.25) is 0 Å². The molecular weight excluding hydrogens is 210 g/mol. The molecule has 0 saturated carbocycles. The molecule has 1 aromatic heterocycles. The lowest BCUT2D eigenvalue weighted by Crippen LogP contribution is -2.32. The van der Waals surface area contributed by atoms with Crippen molar-refractivity contribution in [2.75, 3.05) is 6.54 Å². The first-order chi connectivity index (χ1) is 7.99. The predicted molar refractivity (Wildman–Crippen MR) is 73.0 cm³/mol. The van der Waals surface area contributed by atoms with E-state index >= 15 is 0 Å². The molecule has 1 aromatic rings. The van der Waals surface area contributed by atoms with Crippen LogP contribution in [0.3, 0.4) is 0 Å². The molecule has 17 heavy (non-hydrogen) atoms. The Morgan fingerprint density at radius 1 is 1.29 bits per heavy atom. The lowest BCUT2D eigenvalue weighted by Gasteiger charge is -2.31. The Balaban J connectivity index is 2.80. The first-order valence-corrected chi connectivity index (χ1v) is 6.74. The zero-order chi connectivity index (χ0) is 12.9. The first-order valence-electron chi connectivity index (χ1n) is 6.74. The van der Waals surface area contributed by atoms with Crippen LogP contribution in [0.1, 0.15) is 59.1 Å².